The van der Waals surface area contributed by atoms with Gasteiger partial charge in [-0.1, -0.05) is 96.8 Å². The van der Waals surface area contributed by atoms with Gasteiger partial charge in [0.1, 0.15) is 18.0 Å². The van der Waals surface area contributed by atoms with Crippen LogP contribution in [0.1, 0.15) is 116 Å². The number of aromatic nitrogens is 2. The molecule has 0 radical (unpaired) electrons. The third-order valence-corrected chi connectivity index (χ3v) is 6.87. The predicted molar refractivity (Wildman–Crippen MR) is 139 cm³/mol. The molecule has 4 atom stereocenters. The quantitative estimate of drug-likeness (QED) is 0.186. The van der Waals surface area contributed by atoms with Crippen LogP contribution in [0, 0.1) is 0 Å². The summed E-state index contributed by atoms with van der Waals surface area (Å²) in [5, 5.41) is 20.2. The summed E-state index contributed by atoms with van der Waals surface area (Å²) in [7, 11) is 0. The van der Waals surface area contributed by atoms with Crippen molar-refractivity contribution in [1.29, 1.82) is 0 Å². The highest BCUT2D eigenvalue weighted by Gasteiger charge is 2.47. The maximum atomic E-state index is 12.3. The molecule has 1 fully saturated rings. The summed E-state index contributed by atoms with van der Waals surface area (Å²) >= 11 is 0. The summed E-state index contributed by atoms with van der Waals surface area (Å²) in [5.41, 5.74) is 4.81. The zero-order valence-corrected chi connectivity index (χ0v) is 22.0. The SMILES string of the molecule is CCCCCCCCCCCCCCCCCC(=O)O[C@H]1[C@H](O)[C@H](n2ccc(N)nc2=O)O[C@@H]1CO. The molecule has 0 aromatic carbocycles. The second-order valence-electron chi connectivity index (χ2n) is 9.93. The van der Waals surface area contributed by atoms with Crippen molar-refractivity contribution in [2.24, 2.45) is 0 Å². The van der Waals surface area contributed by atoms with E-state index in [1.54, 1.807) is 0 Å². The number of hydrogen-bond acceptors (Lipinski definition) is 8. The number of nitrogens with two attached hydrogens (primary N) is 1. The molecular formula is C27H47N3O6. The van der Waals surface area contributed by atoms with Gasteiger partial charge in [-0.25, -0.2) is 4.79 Å². The minimum absolute atomic E-state index is 0.0499. The molecule has 2 rings (SSSR count). The van der Waals surface area contributed by atoms with Crippen LogP contribution in [0.3, 0.4) is 0 Å². The van der Waals surface area contributed by atoms with Crippen molar-refractivity contribution in [3.63, 3.8) is 0 Å². The normalized spacial score (nSPS) is 21.6. The Morgan fingerprint density at radius 3 is 2.03 bits per heavy atom. The number of hydrogen-bond donors (Lipinski definition) is 3. The van der Waals surface area contributed by atoms with Crippen LogP contribution in [0.2, 0.25) is 0 Å². The average molecular weight is 510 g/mol. The lowest BCUT2D eigenvalue weighted by atomic mass is 10.0. The van der Waals surface area contributed by atoms with Gasteiger partial charge in [0.2, 0.25) is 0 Å². The van der Waals surface area contributed by atoms with Gasteiger partial charge < -0.3 is 25.4 Å². The summed E-state index contributed by atoms with van der Waals surface area (Å²) in [4.78, 5) is 28.0. The minimum atomic E-state index is -1.31. The van der Waals surface area contributed by atoms with E-state index in [0.29, 0.717) is 0 Å². The smallest absolute Gasteiger partial charge is 0.351 e. The largest absolute Gasteiger partial charge is 0.457 e. The maximum Gasteiger partial charge on any atom is 0.351 e. The molecule has 1 saturated heterocycles. The van der Waals surface area contributed by atoms with Gasteiger partial charge in [-0.2, -0.15) is 4.98 Å². The van der Waals surface area contributed by atoms with Crippen molar-refractivity contribution in [3.05, 3.63) is 22.7 Å². The Labute approximate surface area is 215 Å². The van der Waals surface area contributed by atoms with Gasteiger partial charge in [0.25, 0.3) is 0 Å². The van der Waals surface area contributed by atoms with E-state index in [0.717, 1.165) is 23.8 Å². The fourth-order valence-electron chi connectivity index (χ4n) is 4.71. The van der Waals surface area contributed by atoms with E-state index in [1.807, 2.05) is 0 Å². The van der Waals surface area contributed by atoms with Gasteiger partial charge in [-0.05, 0) is 12.5 Å². The lowest BCUT2D eigenvalue weighted by molar-refractivity contribution is -0.156. The molecule has 1 aromatic heterocycles. The molecule has 9 nitrogen and oxygen atoms in total. The van der Waals surface area contributed by atoms with Crippen molar-refractivity contribution >= 4 is 11.8 Å². The second kappa shape index (κ2) is 17.5. The van der Waals surface area contributed by atoms with Crippen LogP contribution in [-0.2, 0) is 14.3 Å². The minimum Gasteiger partial charge on any atom is -0.457 e. The van der Waals surface area contributed by atoms with Crippen LogP contribution in [0.15, 0.2) is 17.1 Å². The third-order valence-electron chi connectivity index (χ3n) is 6.87. The predicted octanol–water partition coefficient (Wildman–Crippen LogP) is 4.25. The average Bonchev–Trinajstić information content (AvgIpc) is 3.16. The molecule has 2 heterocycles. The van der Waals surface area contributed by atoms with E-state index < -0.39 is 42.8 Å². The molecule has 4 N–H and O–H groups in total. The molecule has 1 aromatic rings. The van der Waals surface area contributed by atoms with E-state index in [2.05, 4.69) is 11.9 Å². The highest BCUT2D eigenvalue weighted by atomic mass is 16.6. The standard InChI is InChI=1S/C27H47N3O6/c1-2-3-4-5-6-7-8-9-10-11-12-13-14-15-16-17-23(32)36-25-21(20-31)35-26(24(25)33)30-19-18-22(28)29-27(30)34/h18-19,21,24-26,31,33H,2-17,20H2,1H3,(H2,28,29,34)/t21-,24+,25-,26-/m1/s1. The molecule has 0 spiro atoms. The highest BCUT2D eigenvalue weighted by Crippen LogP contribution is 2.31. The third kappa shape index (κ3) is 10.6. The fraction of sp³-hybridized carbons (Fsp3) is 0.815. The Morgan fingerprint density at radius 2 is 1.53 bits per heavy atom. The van der Waals surface area contributed by atoms with E-state index in [-0.39, 0.29) is 12.2 Å². The van der Waals surface area contributed by atoms with Crippen molar-refractivity contribution < 1.29 is 24.5 Å². The number of carbonyl (C=O) groups excluding carboxylic acids is 1. The molecule has 1 aliphatic heterocycles. The lowest BCUT2D eigenvalue weighted by Crippen LogP contribution is -2.39. The number of anilines is 1. The summed E-state index contributed by atoms with van der Waals surface area (Å²) < 4.78 is 12.1. The molecule has 0 aliphatic carbocycles. The zero-order chi connectivity index (χ0) is 26.2. The number of nitrogens with zero attached hydrogens (tertiary/aromatic N) is 2. The second-order valence-corrected chi connectivity index (χ2v) is 9.93. The fourth-order valence-corrected chi connectivity index (χ4v) is 4.71. The number of carbonyl (C=O) groups is 1. The molecule has 1 aliphatic rings. The van der Waals surface area contributed by atoms with Crippen LogP contribution in [0.25, 0.3) is 0 Å². The number of aliphatic hydroxyl groups excluding tert-OH is 2. The first-order chi connectivity index (χ1) is 17.5. The maximum absolute atomic E-state index is 12.3. The van der Waals surface area contributed by atoms with Crippen LogP contribution in [0.4, 0.5) is 5.82 Å². The topological polar surface area (TPSA) is 137 Å². The summed E-state index contributed by atoms with van der Waals surface area (Å²) in [6.45, 7) is 1.80. The number of unbranched alkanes of at least 4 members (excludes halogenated alkanes) is 14. The Hall–Kier alpha value is -1.97. The summed E-state index contributed by atoms with van der Waals surface area (Å²) in [5.74, 6) is -0.395. The number of aliphatic hydroxyl groups is 2. The Bertz CT molecular complexity index is 802. The van der Waals surface area contributed by atoms with Crippen LogP contribution >= 0.6 is 0 Å². The van der Waals surface area contributed by atoms with E-state index >= 15 is 0 Å². The molecule has 0 bridgehead atoms. The number of ether oxygens (including phenoxy) is 2. The first-order valence-corrected chi connectivity index (χ1v) is 14.0. The Morgan fingerprint density at radius 1 is 1.00 bits per heavy atom. The number of nitrogen functional groups attached to an aromatic ring is 1. The molecule has 9 heteroatoms. The highest BCUT2D eigenvalue weighted by molar-refractivity contribution is 5.69. The van der Waals surface area contributed by atoms with Crippen molar-refractivity contribution in [2.75, 3.05) is 12.3 Å². The summed E-state index contributed by atoms with van der Waals surface area (Å²) in [6, 6.07) is 1.40. The molecule has 206 valence electrons. The van der Waals surface area contributed by atoms with Crippen molar-refractivity contribution in [2.45, 2.75) is 134 Å². The zero-order valence-electron chi connectivity index (χ0n) is 22.0. The summed E-state index contributed by atoms with van der Waals surface area (Å²) in [6.07, 6.45) is 15.9. The van der Waals surface area contributed by atoms with Crippen LogP contribution in [-0.4, -0.2) is 50.7 Å². The molecule has 36 heavy (non-hydrogen) atoms. The van der Waals surface area contributed by atoms with Gasteiger partial charge in [-0.15, -0.1) is 0 Å². The molecule has 0 unspecified atom stereocenters. The Kier molecular flexibility index (Phi) is 14.7. The van der Waals surface area contributed by atoms with Crippen LogP contribution in [0.5, 0.6) is 0 Å². The van der Waals surface area contributed by atoms with Gasteiger partial charge in [-0.3, -0.25) is 9.36 Å². The van der Waals surface area contributed by atoms with Crippen molar-refractivity contribution in [1.82, 2.24) is 9.55 Å². The number of rotatable bonds is 19. The molecular weight excluding hydrogens is 462 g/mol. The van der Waals surface area contributed by atoms with Gasteiger partial charge in [0, 0.05) is 12.6 Å². The first-order valence-electron chi connectivity index (χ1n) is 14.0. The molecule has 0 amide bonds. The van der Waals surface area contributed by atoms with Gasteiger partial charge >= 0.3 is 11.7 Å². The monoisotopic (exact) mass is 509 g/mol. The van der Waals surface area contributed by atoms with Gasteiger partial charge in [0.05, 0.1) is 6.61 Å². The first kappa shape index (κ1) is 30.3. The van der Waals surface area contributed by atoms with E-state index in [9.17, 15) is 19.8 Å². The molecule has 0 saturated carbocycles. The Balaban J connectivity index is 1.54. The van der Waals surface area contributed by atoms with E-state index in [1.165, 1.54) is 89.3 Å². The lowest BCUT2D eigenvalue weighted by Gasteiger charge is -2.20. The van der Waals surface area contributed by atoms with E-state index in [4.69, 9.17) is 15.2 Å². The van der Waals surface area contributed by atoms with Crippen molar-refractivity contribution in [3.8, 4) is 0 Å². The van der Waals surface area contributed by atoms with Gasteiger partial charge in [0.15, 0.2) is 12.3 Å². The van der Waals surface area contributed by atoms with Crippen LogP contribution < -0.4 is 11.4 Å². The number of esters is 1.